The largest absolute Gasteiger partial charge is 0.490 e. The Balaban J connectivity index is 3.03. The van der Waals surface area contributed by atoms with E-state index in [0.29, 0.717) is 28.7 Å². The number of halogens is 1. The predicted octanol–water partition coefficient (Wildman–Crippen LogP) is 1.75. The van der Waals surface area contributed by atoms with Crippen LogP contribution in [-0.4, -0.2) is 25.5 Å². The minimum atomic E-state index is -0.758. The molecule has 0 saturated heterocycles. The van der Waals surface area contributed by atoms with E-state index < -0.39 is 6.03 Å². The van der Waals surface area contributed by atoms with Gasteiger partial charge in [-0.25, -0.2) is 10.2 Å². The lowest BCUT2D eigenvalue weighted by atomic mass is 10.2. The van der Waals surface area contributed by atoms with Crippen molar-refractivity contribution >= 4 is 23.8 Å². The fraction of sp³-hybridized carbons (Fsp3) is 0.231. The van der Waals surface area contributed by atoms with E-state index in [2.05, 4.69) is 16.4 Å². The van der Waals surface area contributed by atoms with Crippen LogP contribution in [0.5, 0.6) is 11.5 Å². The summed E-state index contributed by atoms with van der Waals surface area (Å²) in [6.45, 7) is 2.34. The van der Waals surface area contributed by atoms with Crippen LogP contribution in [0.2, 0.25) is 5.02 Å². The van der Waals surface area contributed by atoms with Gasteiger partial charge in [0.05, 0.1) is 17.8 Å². The third-order valence-electron chi connectivity index (χ3n) is 2.02. The summed E-state index contributed by atoms with van der Waals surface area (Å²) in [5, 5.41) is 3.96. The highest BCUT2D eigenvalue weighted by Gasteiger charge is 2.11. The number of carbonyl (C=O) groups excluding carboxylic acids is 1. The summed E-state index contributed by atoms with van der Waals surface area (Å²) in [4.78, 5) is 10.5. The molecular formula is C13H14ClN3O3. The molecule has 0 saturated carbocycles. The van der Waals surface area contributed by atoms with Crippen LogP contribution in [0, 0.1) is 12.3 Å². The van der Waals surface area contributed by atoms with Crippen molar-refractivity contribution in [3.63, 3.8) is 0 Å². The van der Waals surface area contributed by atoms with Gasteiger partial charge < -0.3 is 15.2 Å². The first-order valence-corrected chi connectivity index (χ1v) is 6.07. The highest BCUT2D eigenvalue weighted by molar-refractivity contribution is 6.32. The van der Waals surface area contributed by atoms with Crippen molar-refractivity contribution in [2.75, 3.05) is 13.2 Å². The number of benzene rings is 1. The van der Waals surface area contributed by atoms with Crippen molar-refractivity contribution in [3.8, 4) is 23.8 Å². The van der Waals surface area contributed by atoms with Gasteiger partial charge in [-0.15, -0.1) is 6.42 Å². The van der Waals surface area contributed by atoms with Gasteiger partial charge in [-0.05, 0) is 24.6 Å². The summed E-state index contributed by atoms with van der Waals surface area (Å²) >= 11 is 6.10. The van der Waals surface area contributed by atoms with Crippen molar-refractivity contribution in [3.05, 3.63) is 22.7 Å². The third kappa shape index (κ3) is 4.71. The number of hydrogen-bond donors (Lipinski definition) is 2. The van der Waals surface area contributed by atoms with Crippen molar-refractivity contribution < 1.29 is 14.3 Å². The number of hydrazone groups is 1. The summed E-state index contributed by atoms with van der Waals surface area (Å²) in [6.07, 6.45) is 6.52. The van der Waals surface area contributed by atoms with Crippen molar-refractivity contribution in [2.45, 2.75) is 6.92 Å². The lowest BCUT2D eigenvalue weighted by molar-refractivity contribution is 0.249. The molecule has 0 aliphatic carbocycles. The van der Waals surface area contributed by atoms with E-state index in [9.17, 15) is 4.79 Å². The van der Waals surface area contributed by atoms with Crippen LogP contribution in [0.15, 0.2) is 17.2 Å². The molecule has 2 amide bonds. The second-order valence-corrected chi connectivity index (χ2v) is 3.90. The molecule has 0 fully saturated rings. The molecule has 0 unspecified atom stereocenters. The lowest BCUT2D eigenvalue weighted by Crippen LogP contribution is -2.24. The Hall–Kier alpha value is -2.39. The molecule has 0 bridgehead atoms. The van der Waals surface area contributed by atoms with Crippen molar-refractivity contribution in [1.82, 2.24) is 5.43 Å². The summed E-state index contributed by atoms with van der Waals surface area (Å²) in [7, 11) is 0. The van der Waals surface area contributed by atoms with Crippen LogP contribution in [0.25, 0.3) is 0 Å². The molecule has 0 aliphatic rings. The standard InChI is InChI=1S/C13H14ClN3O3/c1-3-5-20-12-10(14)6-9(7-11(12)19-4-2)8-16-17-13(15)18/h1,6-8H,4-5H2,2H3,(H3,15,17,18)/b16-8+. The second-order valence-electron chi connectivity index (χ2n) is 3.49. The summed E-state index contributed by atoms with van der Waals surface area (Å²) < 4.78 is 10.8. The van der Waals surface area contributed by atoms with E-state index >= 15 is 0 Å². The third-order valence-corrected chi connectivity index (χ3v) is 2.30. The van der Waals surface area contributed by atoms with Gasteiger partial charge in [0, 0.05) is 0 Å². The molecule has 0 atom stereocenters. The van der Waals surface area contributed by atoms with Gasteiger partial charge in [-0.2, -0.15) is 5.10 Å². The van der Waals surface area contributed by atoms with E-state index in [0.717, 1.165) is 0 Å². The molecule has 106 valence electrons. The van der Waals surface area contributed by atoms with Crippen LogP contribution < -0.4 is 20.6 Å². The Labute approximate surface area is 121 Å². The molecule has 7 heteroatoms. The first kappa shape index (κ1) is 15.7. The molecule has 1 aromatic rings. The Bertz CT molecular complexity index is 553. The van der Waals surface area contributed by atoms with Crippen LogP contribution in [0.4, 0.5) is 4.79 Å². The van der Waals surface area contributed by atoms with Gasteiger partial charge in [0.2, 0.25) is 0 Å². The van der Waals surface area contributed by atoms with Gasteiger partial charge in [-0.1, -0.05) is 17.5 Å². The van der Waals surface area contributed by atoms with Gasteiger partial charge in [-0.3, -0.25) is 0 Å². The average molecular weight is 296 g/mol. The summed E-state index contributed by atoms with van der Waals surface area (Å²) in [5.74, 6) is 3.16. The number of nitrogens with one attached hydrogen (secondary N) is 1. The zero-order chi connectivity index (χ0) is 15.0. The van der Waals surface area contributed by atoms with Crippen LogP contribution in [0.1, 0.15) is 12.5 Å². The van der Waals surface area contributed by atoms with Crippen LogP contribution in [-0.2, 0) is 0 Å². The monoisotopic (exact) mass is 295 g/mol. The number of rotatable bonds is 6. The Morgan fingerprint density at radius 2 is 2.35 bits per heavy atom. The molecule has 3 N–H and O–H groups in total. The fourth-order valence-electron chi connectivity index (χ4n) is 1.35. The molecule has 6 nitrogen and oxygen atoms in total. The number of urea groups is 1. The molecule has 0 heterocycles. The number of amides is 2. The number of nitrogens with two attached hydrogens (primary N) is 1. The molecule has 1 aromatic carbocycles. The Morgan fingerprint density at radius 1 is 1.60 bits per heavy atom. The van der Waals surface area contributed by atoms with E-state index in [1.165, 1.54) is 6.21 Å². The van der Waals surface area contributed by atoms with Crippen molar-refractivity contribution in [1.29, 1.82) is 0 Å². The quantitative estimate of drug-likeness (QED) is 0.476. The zero-order valence-corrected chi connectivity index (χ0v) is 11.6. The molecule has 0 aromatic heterocycles. The maximum absolute atomic E-state index is 10.5. The van der Waals surface area contributed by atoms with Gasteiger partial charge in [0.15, 0.2) is 11.5 Å². The Kier molecular flexibility index (Phi) is 6.20. The number of hydrogen-bond acceptors (Lipinski definition) is 4. The molecular weight excluding hydrogens is 282 g/mol. The lowest BCUT2D eigenvalue weighted by Gasteiger charge is -2.12. The Morgan fingerprint density at radius 3 is 2.95 bits per heavy atom. The highest BCUT2D eigenvalue weighted by Crippen LogP contribution is 2.36. The number of terminal acetylenes is 1. The predicted molar refractivity (Wildman–Crippen MR) is 77.3 cm³/mol. The van der Waals surface area contributed by atoms with E-state index in [1.54, 1.807) is 12.1 Å². The molecule has 1 rings (SSSR count). The van der Waals surface area contributed by atoms with Crippen LogP contribution in [0.3, 0.4) is 0 Å². The maximum atomic E-state index is 10.5. The van der Waals surface area contributed by atoms with Crippen LogP contribution >= 0.6 is 11.6 Å². The number of nitrogens with zero attached hydrogens (tertiary/aromatic N) is 1. The number of carbonyl (C=O) groups is 1. The van der Waals surface area contributed by atoms with Gasteiger partial charge in [0.25, 0.3) is 0 Å². The molecule has 0 radical (unpaired) electrons. The summed E-state index contributed by atoms with van der Waals surface area (Å²) in [6, 6.07) is 2.50. The average Bonchev–Trinajstić information content (AvgIpc) is 2.38. The van der Waals surface area contributed by atoms with Gasteiger partial charge in [0.1, 0.15) is 6.61 Å². The van der Waals surface area contributed by atoms with E-state index in [-0.39, 0.29) is 6.61 Å². The maximum Gasteiger partial charge on any atom is 0.332 e. The fourth-order valence-corrected chi connectivity index (χ4v) is 1.62. The SMILES string of the molecule is C#CCOc1c(Cl)cc(/C=N/NC(N)=O)cc1OCC. The minimum absolute atomic E-state index is 0.0798. The number of primary amides is 1. The van der Waals surface area contributed by atoms with Gasteiger partial charge >= 0.3 is 6.03 Å². The molecule has 0 spiro atoms. The highest BCUT2D eigenvalue weighted by atomic mass is 35.5. The van der Waals surface area contributed by atoms with E-state index in [4.69, 9.17) is 33.2 Å². The molecule has 20 heavy (non-hydrogen) atoms. The smallest absolute Gasteiger partial charge is 0.332 e. The van der Waals surface area contributed by atoms with Crippen molar-refractivity contribution in [2.24, 2.45) is 10.8 Å². The molecule has 0 aliphatic heterocycles. The minimum Gasteiger partial charge on any atom is -0.490 e. The topological polar surface area (TPSA) is 85.9 Å². The van der Waals surface area contributed by atoms with E-state index in [1.807, 2.05) is 6.92 Å². The second kappa shape index (κ2) is 7.92. The normalized spacial score (nSPS) is 10.1. The first-order chi connectivity index (χ1) is 9.58. The first-order valence-electron chi connectivity index (χ1n) is 5.69. The number of ether oxygens (including phenoxy) is 2. The summed E-state index contributed by atoms with van der Waals surface area (Å²) in [5.41, 5.74) is 7.58. The zero-order valence-electron chi connectivity index (χ0n) is 10.9.